The summed E-state index contributed by atoms with van der Waals surface area (Å²) < 4.78 is 4.74. The van der Waals surface area contributed by atoms with E-state index in [1.54, 1.807) is 30.0 Å². The third-order valence-electron chi connectivity index (χ3n) is 3.57. The van der Waals surface area contributed by atoms with Gasteiger partial charge in [0, 0.05) is 38.6 Å². The molecule has 0 spiro atoms. The van der Waals surface area contributed by atoms with E-state index < -0.39 is 5.97 Å². The molecule has 0 aliphatic heterocycles. The van der Waals surface area contributed by atoms with E-state index in [0.717, 1.165) is 12.8 Å². The summed E-state index contributed by atoms with van der Waals surface area (Å²) >= 11 is 0. The molecule has 130 valence electrons. The summed E-state index contributed by atoms with van der Waals surface area (Å²) in [5.41, 5.74) is 1.11. The molecule has 0 unspecified atom stereocenters. The van der Waals surface area contributed by atoms with Crippen LogP contribution in [0, 0.1) is 11.8 Å². The summed E-state index contributed by atoms with van der Waals surface area (Å²) in [6, 6.07) is 7.08. The average Bonchev–Trinajstić information content (AvgIpc) is 2.59. The summed E-state index contributed by atoms with van der Waals surface area (Å²) in [4.78, 5) is 25.0. The fraction of sp³-hybridized carbons (Fsp3) is 0.474. The third-order valence-corrected chi connectivity index (χ3v) is 3.57. The number of amides is 1. The van der Waals surface area contributed by atoms with Gasteiger partial charge in [-0.1, -0.05) is 24.0 Å². The first-order chi connectivity index (χ1) is 11.6. The highest BCUT2D eigenvalue weighted by molar-refractivity contribution is 5.92. The summed E-state index contributed by atoms with van der Waals surface area (Å²) in [5, 5.41) is 8.80. The van der Waals surface area contributed by atoms with Crippen LogP contribution in [0.15, 0.2) is 24.3 Å². The molecule has 5 heteroatoms. The maximum atomic E-state index is 11.7. The van der Waals surface area contributed by atoms with Gasteiger partial charge in [-0.2, -0.15) is 0 Å². The number of unbranched alkanes of at least 4 members (excludes halogenated alkanes) is 2. The highest BCUT2D eigenvalue weighted by atomic mass is 16.5. The molecule has 0 atom stereocenters. The van der Waals surface area contributed by atoms with Crippen molar-refractivity contribution in [3.05, 3.63) is 35.4 Å². The molecule has 24 heavy (non-hydrogen) atoms. The highest BCUT2D eigenvalue weighted by Crippen LogP contribution is 2.09. The molecular formula is C19H25NO4. The van der Waals surface area contributed by atoms with Crippen molar-refractivity contribution in [1.29, 1.82) is 0 Å². The molecule has 0 aromatic heterocycles. The van der Waals surface area contributed by atoms with Gasteiger partial charge in [-0.3, -0.25) is 4.79 Å². The van der Waals surface area contributed by atoms with Gasteiger partial charge in [0.25, 0.3) is 0 Å². The predicted molar refractivity (Wildman–Crippen MR) is 92.5 cm³/mol. The third kappa shape index (κ3) is 6.84. The van der Waals surface area contributed by atoms with Crippen LogP contribution in [0.5, 0.6) is 0 Å². The van der Waals surface area contributed by atoms with E-state index in [0.29, 0.717) is 37.1 Å². The highest BCUT2D eigenvalue weighted by Gasteiger charge is 2.09. The van der Waals surface area contributed by atoms with Crippen molar-refractivity contribution < 1.29 is 19.4 Å². The minimum atomic E-state index is -0.397. The van der Waals surface area contributed by atoms with Crippen molar-refractivity contribution in [1.82, 2.24) is 4.90 Å². The number of hydrogen-bond donors (Lipinski definition) is 1. The fourth-order valence-corrected chi connectivity index (χ4v) is 2.24. The summed E-state index contributed by atoms with van der Waals surface area (Å²) in [6.07, 6.45) is 2.91. The molecule has 1 N–H and O–H groups in total. The number of aliphatic hydroxyl groups is 1. The Bertz CT molecular complexity index is 601. The molecule has 1 amide bonds. The fourth-order valence-electron chi connectivity index (χ4n) is 2.24. The standard InChI is InChI=1S/C19H25NO4/c1-16(22)20(14-8-9-15-21)13-7-3-4-10-17-11-5-6-12-18(17)19(23)24-2/h5-6,11-12,21H,3,7-9,13-15H2,1-2H3. The number of ether oxygens (including phenoxy) is 1. The molecule has 0 saturated carbocycles. The number of hydrogen-bond acceptors (Lipinski definition) is 4. The lowest BCUT2D eigenvalue weighted by molar-refractivity contribution is -0.129. The lowest BCUT2D eigenvalue weighted by Crippen LogP contribution is -2.30. The zero-order chi connectivity index (χ0) is 17.8. The van der Waals surface area contributed by atoms with Crippen molar-refractivity contribution in [2.75, 3.05) is 26.8 Å². The molecule has 1 aromatic rings. The number of rotatable bonds is 8. The van der Waals surface area contributed by atoms with Crippen LogP contribution in [0.4, 0.5) is 0 Å². The van der Waals surface area contributed by atoms with E-state index in [9.17, 15) is 9.59 Å². The van der Waals surface area contributed by atoms with Gasteiger partial charge in [0.1, 0.15) is 0 Å². The largest absolute Gasteiger partial charge is 0.465 e. The van der Waals surface area contributed by atoms with E-state index in [2.05, 4.69) is 11.8 Å². The summed E-state index contributed by atoms with van der Waals surface area (Å²) in [6.45, 7) is 3.01. The van der Waals surface area contributed by atoms with Gasteiger partial charge in [0.2, 0.25) is 5.91 Å². The Morgan fingerprint density at radius 3 is 2.54 bits per heavy atom. The number of aliphatic hydroxyl groups excluding tert-OH is 1. The van der Waals surface area contributed by atoms with Crippen LogP contribution >= 0.6 is 0 Å². The van der Waals surface area contributed by atoms with Gasteiger partial charge in [-0.15, -0.1) is 0 Å². The first-order valence-electron chi connectivity index (χ1n) is 8.12. The van der Waals surface area contributed by atoms with Gasteiger partial charge >= 0.3 is 5.97 Å². The van der Waals surface area contributed by atoms with Gasteiger partial charge in [-0.05, 0) is 31.4 Å². The molecule has 0 radical (unpaired) electrons. The molecule has 1 aromatic carbocycles. The Morgan fingerprint density at radius 2 is 1.88 bits per heavy atom. The summed E-state index contributed by atoms with van der Waals surface area (Å²) in [7, 11) is 1.35. The SMILES string of the molecule is COC(=O)c1ccccc1C#CCCCN(CCCCO)C(C)=O. The van der Waals surface area contributed by atoms with E-state index in [4.69, 9.17) is 9.84 Å². The van der Waals surface area contributed by atoms with Crippen molar-refractivity contribution in [3.63, 3.8) is 0 Å². The first-order valence-corrected chi connectivity index (χ1v) is 8.12. The topological polar surface area (TPSA) is 66.8 Å². The second-order valence-corrected chi connectivity index (χ2v) is 5.38. The van der Waals surface area contributed by atoms with Gasteiger partial charge in [0.05, 0.1) is 12.7 Å². The Balaban J connectivity index is 2.52. The number of carbonyl (C=O) groups is 2. The Labute approximate surface area is 143 Å². The van der Waals surface area contributed by atoms with E-state index in [-0.39, 0.29) is 12.5 Å². The van der Waals surface area contributed by atoms with Crippen LogP contribution in [0.1, 0.15) is 48.5 Å². The second-order valence-electron chi connectivity index (χ2n) is 5.38. The number of methoxy groups -OCH3 is 1. The molecule has 0 aliphatic carbocycles. The lowest BCUT2D eigenvalue weighted by atomic mass is 10.1. The molecule has 0 bridgehead atoms. The predicted octanol–water partition coefficient (Wildman–Crippen LogP) is 2.23. The molecule has 1 rings (SSSR count). The van der Waals surface area contributed by atoms with Gasteiger partial charge in [-0.25, -0.2) is 4.79 Å². The molecular weight excluding hydrogens is 306 g/mol. The van der Waals surface area contributed by atoms with E-state index in [1.807, 2.05) is 6.07 Å². The maximum absolute atomic E-state index is 11.7. The minimum absolute atomic E-state index is 0.0388. The van der Waals surface area contributed by atoms with Crippen LogP contribution in [-0.2, 0) is 9.53 Å². The van der Waals surface area contributed by atoms with E-state index in [1.165, 1.54) is 7.11 Å². The van der Waals surface area contributed by atoms with Crippen LogP contribution in [0.25, 0.3) is 0 Å². The molecule has 5 nitrogen and oxygen atoms in total. The lowest BCUT2D eigenvalue weighted by Gasteiger charge is -2.20. The number of benzene rings is 1. The van der Waals surface area contributed by atoms with Crippen molar-refractivity contribution >= 4 is 11.9 Å². The average molecular weight is 331 g/mol. The number of carbonyl (C=O) groups excluding carboxylic acids is 2. The van der Waals surface area contributed by atoms with Crippen LogP contribution in [-0.4, -0.2) is 48.7 Å². The zero-order valence-corrected chi connectivity index (χ0v) is 14.4. The van der Waals surface area contributed by atoms with Crippen LogP contribution < -0.4 is 0 Å². The van der Waals surface area contributed by atoms with Crippen LogP contribution in [0.2, 0.25) is 0 Å². The molecule has 0 fully saturated rings. The number of esters is 1. The monoisotopic (exact) mass is 331 g/mol. The maximum Gasteiger partial charge on any atom is 0.339 e. The van der Waals surface area contributed by atoms with Crippen molar-refractivity contribution in [3.8, 4) is 11.8 Å². The Hall–Kier alpha value is -2.32. The Morgan fingerprint density at radius 1 is 1.17 bits per heavy atom. The molecule has 0 aliphatic rings. The van der Waals surface area contributed by atoms with Gasteiger partial charge < -0.3 is 14.7 Å². The summed E-state index contributed by atoms with van der Waals surface area (Å²) in [5.74, 6) is 5.69. The quantitative estimate of drug-likeness (QED) is 0.451. The number of nitrogens with zero attached hydrogens (tertiary/aromatic N) is 1. The smallest absolute Gasteiger partial charge is 0.339 e. The van der Waals surface area contributed by atoms with Gasteiger partial charge in [0.15, 0.2) is 0 Å². The van der Waals surface area contributed by atoms with Crippen molar-refractivity contribution in [2.45, 2.75) is 32.6 Å². The van der Waals surface area contributed by atoms with Crippen molar-refractivity contribution in [2.24, 2.45) is 0 Å². The second kappa shape index (κ2) is 11.3. The zero-order valence-electron chi connectivity index (χ0n) is 14.4. The molecule has 0 heterocycles. The van der Waals surface area contributed by atoms with Crippen LogP contribution in [0.3, 0.4) is 0 Å². The van der Waals surface area contributed by atoms with E-state index >= 15 is 0 Å². The normalized spacial score (nSPS) is 9.79. The molecule has 0 saturated heterocycles. The Kier molecular flexibility index (Phi) is 9.25. The first kappa shape index (κ1) is 19.7. The minimum Gasteiger partial charge on any atom is -0.465 e.